The summed E-state index contributed by atoms with van der Waals surface area (Å²) in [6.07, 6.45) is 0.359. The van der Waals surface area contributed by atoms with Crippen LogP contribution in [0.15, 0.2) is 30.3 Å². The summed E-state index contributed by atoms with van der Waals surface area (Å²) in [6, 6.07) is 7.94. The van der Waals surface area contributed by atoms with Gasteiger partial charge in [0, 0.05) is 5.56 Å². The molecule has 0 fully saturated rings. The van der Waals surface area contributed by atoms with Crippen molar-refractivity contribution in [2.45, 2.75) is 26.3 Å². The van der Waals surface area contributed by atoms with Crippen molar-refractivity contribution in [3.63, 3.8) is 0 Å². The number of nitrogens with one attached hydrogen (secondary N) is 2. The summed E-state index contributed by atoms with van der Waals surface area (Å²) in [6.45, 7) is 3.80. The molecule has 2 rings (SSSR count). The average Bonchev–Trinajstić information content (AvgIpc) is 3.04. The number of amides is 1. The van der Waals surface area contributed by atoms with Crippen LogP contribution in [0.5, 0.6) is 5.75 Å². The SMILES string of the molecule is COc1cccc(-c2cc(C(=O)N[C@H](CC(C)C)C(=O)O)[nH]n2)c1. The number of hydrogen-bond donors (Lipinski definition) is 3. The summed E-state index contributed by atoms with van der Waals surface area (Å²) in [7, 11) is 1.57. The van der Waals surface area contributed by atoms with Gasteiger partial charge in [0.1, 0.15) is 17.5 Å². The number of carboxylic acid groups (broad SMARTS) is 1. The number of rotatable bonds is 7. The normalized spacial score (nSPS) is 12.0. The molecule has 0 aliphatic carbocycles. The molecular formula is C17H21N3O4. The summed E-state index contributed by atoms with van der Waals surface area (Å²) >= 11 is 0. The summed E-state index contributed by atoms with van der Waals surface area (Å²) in [5.74, 6) is -0.709. The highest BCUT2D eigenvalue weighted by Gasteiger charge is 2.22. The van der Waals surface area contributed by atoms with Gasteiger partial charge in [0.2, 0.25) is 0 Å². The van der Waals surface area contributed by atoms with Gasteiger partial charge in [-0.05, 0) is 30.5 Å². The van der Waals surface area contributed by atoms with Crippen LogP contribution in [-0.4, -0.2) is 40.3 Å². The average molecular weight is 331 g/mol. The van der Waals surface area contributed by atoms with Crippen molar-refractivity contribution in [3.05, 3.63) is 36.0 Å². The highest BCUT2D eigenvalue weighted by molar-refractivity contribution is 5.95. The Morgan fingerprint density at radius 1 is 1.33 bits per heavy atom. The highest BCUT2D eigenvalue weighted by atomic mass is 16.5. The smallest absolute Gasteiger partial charge is 0.326 e. The molecule has 7 nitrogen and oxygen atoms in total. The molecule has 0 aliphatic heterocycles. The van der Waals surface area contributed by atoms with Crippen LogP contribution in [0.4, 0.5) is 0 Å². The molecule has 0 spiro atoms. The zero-order chi connectivity index (χ0) is 17.7. The fraction of sp³-hybridized carbons (Fsp3) is 0.353. The molecule has 1 aromatic heterocycles. The maximum absolute atomic E-state index is 12.2. The number of methoxy groups -OCH3 is 1. The summed E-state index contributed by atoms with van der Waals surface area (Å²) in [4.78, 5) is 23.5. The van der Waals surface area contributed by atoms with Gasteiger partial charge < -0.3 is 15.2 Å². The second-order valence-electron chi connectivity index (χ2n) is 5.89. The standard InChI is InChI=1S/C17H21N3O4/c1-10(2)7-15(17(22)23)18-16(21)14-9-13(19-20-14)11-5-4-6-12(8-11)24-3/h4-6,8-10,15H,7H2,1-3H3,(H,18,21)(H,19,20)(H,22,23)/t15-/m1/s1. The Labute approximate surface area is 140 Å². The number of aromatic amines is 1. The number of carbonyl (C=O) groups is 2. The van der Waals surface area contributed by atoms with Crippen molar-refractivity contribution in [1.29, 1.82) is 0 Å². The Morgan fingerprint density at radius 3 is 2.71 bits per heavy atom. The van der Waals surface area contributed by atoms with E-state index in [9.17, 15) is 14.7 Å². The first-order valence-electron chi connectivity index (χ1n) is 7.64. The Bertz CT molecular complexity index is 724. The third kappa shape index (κ3) is 4.34. The van der Waals surface area contributed by atoms with Crippen molar-refractivity contribution in [2.75, 3.05) is 7.11 Å². The predicted octanol–water partition coefficient (Wildman–Crippen LogP) is 2.31. The molecule has 0 unspecified atom stereocenters. The molecule has 0 radical (unpaired) electrons. The van der Waals surface area contributed by atoms with Crippen LogP contribution in [0.3, 0.4) is 0 Å². The van der Waals surface area contributed by atoms with Gasteiger partial charge in [-0.15, -0.1) is 0 Å². The van der Waals surface area contributed by atoms with Crippen LogP contribution in [0.2, 0.25) is 0 Å². The van der Waals surface area contributed by atoms with Gasteiger partial charge in [-0.2, -0.15) is 5.10 Å². The highest BCUT2D eigenvalue weighted by Crippen LogP contribution is 2.22. The first-order chi connectivity index (χ1) is 11.4. The fourth-order valence-electron chi connectivity index (χ4n) is 2.30. The van der Waals surface area contributed by atoms with Gasteiger partial charge in [-0.1, -0.05) is 26.0 Å². The lowest BCUT2D eigenvalue weighted by molar-refractivity contribution is -0.139. The maximum Gasteiger partial charge on any atom is 0.326 e. The molecule has 24 heavy (non-hydrogen) atoms. The van der Waals surface area contributed by atoms with E-state index in [0.29, 0.717) is 17.9 Å². The lowest BCUT2D eigenvalue weighted by Gasteiger charge is -2.15. The number of carbonyl (C=O) groups excluding carboxylic acids is 1. The number of H-pyrrole nitrogens is 1. The largest absolute Gasteiger partial charge is 0.497 e. The Hall–Kier alpha value is -2.83. The molecule has 1 heterocycles. The van der Waals surface area contributed by atoms with Crippen molar-refractivity contribution in [2.24, 2.45) is 5.92 Å². The molecule has 1 amide bonds. The number of aromatic nitrogens is 2. The van der Waals surface area contributed by atoms with Gasteiger partial charge in [-0.25, -0.2) is 4.79 Å². The Balaban J connectivity index is 2.14. The van der Waals surface area contributed by atoms with Gasteiger partial charge in [0.25, 0.3) is 5.91 Å². The van der Waals surface area contributed by atoms with E-state index in [1.165, 1.54) is 0 Å². The van der Waals surface area contributed by atoms with Crippen molar-refractivity contribution in [1.82, 2.24) is 15.5 Å². The van der Waals surface area contributed by atoms with Crippen LogP contribution in [-0.2, 0) is 4.79 Å². The molecule has 128 valence electrons. The zero-order valence-corrected chi connectivity index (χ0v) is 13.9. The van der Waals surface area contributed by atoms with Crippen LogP contribution in [0.25, 0.3) is 11.3 Å². The fourth-order valence-corrected chi connectivity index (χ4v) is 2.30. The lowest BCUT2D eigenvalue weighted by Crippen LogP contribution is -2.41. The van der Waals surface area contributed by atoms with E-state index < -0.39 is 17.9 Å². The zero-order valence-electron chi connectivity index (χ0n) is 13.9. The van der Waals surface area contributed by atoms with E-state index in [0.717, 1.165) is 5.56 Å². The van der Waals surface area contributed by atoms with Gasteiger partial charge in [-0.3, -0.25) is 9.89 Å². The first-order valence-corrected chi connectivity index (χ1v) is 7.64. The Kier molecular flexibility index (Phi) is 5.57. The molecular weight excluding hydrogens is 310 g/mol. The number of ether oxygens (including phenoxy) is 1. The van der Waals surface area contributed by atoms with Crippen LogP contribution < -0.4 is 10.1 Å². The second kappa shape index (κ2) is 7.63. The lowest BCUT2D eigenvalue weighted by atomic mass is 10.0. The number of carboxylic acids is 1. The molecule has 0 bridgehead atoms. The minimum atomic E-state index is -1.05. The maximum atomic E-state index is 12.2. The topological polar surface area (TPSA) is 104 Å². The summed E-state index contributed by atoms with van der Waals surface area (Å²) in [5, 5.41) is 18.5. The minimum absolute atomic E-state index is 0.153. The van der Waals surface area contributed by atoms with Crippen molar-refractivity contribution < 1.29 is 19.4 Å². The molecule has 0 saturated carbocycles. The number of benzene rings is 1. The van der Waals surface area contributed by atoms with Crippen LogP contribution in [0, 0.1) is 5.92 Å². The molecule has 0 saturated heterocycles. The van der Waals surface area contributed by atoms with E-state index in [-0.39, 0.29) is 11.6 Å². The monoisotopic (exact) mass is 331 g/mol. The molecule has 7 heteroatoms. The van der Waals surface area contributed by atoms with Crippen molar-refractivity contribution in [3.8, 4) is 17.0 Å². The molecule has 3 N–H and O–H groups in total. The van der Waals surface area contributed by atoms with Crippen LogP contribution in [0.1, 0.15) is 30.8 Å². The number of nitrogens with zero attached hydrogens (tertiary/aromatic N) is 1. The third-order valence-electron chi connectivity index (χ3n) is 3.50. The minimum Gasteiger partial charge on any atom is -0.497 e. The number of aliphatic carboxylic acids is 1. The van der Waals surface area contributed by atoms with E-state index in [4.69, 9.17) is 4.74 Å². The second-order valence-corrected chi connectivity index (χ2v) is 5.89. The molecule has 0 aliphatic rings. The van der Waals surface area contributed by atoms with E-state index in [1.807, 2.05) is 32.0 Å². The first kappa shape index (κ1) is 17.5. The summed E-state index contributed by atoms with van der Waals surface area (Å²) in [5.41, 5.74) is 1.58. The van der Waals surface area contributed by atoms with Crippen molar-refractivity contribution >= 4 is 11.9 Å². The number of hydrogen-bond acceptors (Lipinski definition) is 4. The third-order valence-corrected chi connectivity index (χ3v) is 3.50. The molecule has 1 atom stereocenters. The van der Waals surface area contributed by atoms with Crippen LogP contribution >= 0.6 is 0 Å². The van der Waals surface area contributed by atoms with Gasteiger partial charge in [0.15, 0.2) is 0 Å². The van der Waals surface area contributed by atoms with Gasteiger partial charge in [0.05, 0.1) is 12.8 Å². The molecule has 2 aromatic rings. The predicted molar refractivity (Wildman–Crippen MR) is 88.9 cm³/mol. The Morgan fingerprint density at radius 2 is 2.08 bits per heavy atom. The van der Waals surface area contributed by atoms with E-state index in [2.05, 4.69) is 15.5 Å². The van der Waals surface area contributed by atoms with E-state index >= 15 is 0 Å². The molecule has 1 aromatic carbocycles. The quantitative estimate of drug-likeness (QED) is 0.722. The van der Waals surface area contributed by atoms with Gasteiger partial charge >= 0.3 is 5.97 Å². The van der Waals surface area contributed by atoms with E-state index in [1.54, 1.807) is 19.2 Å². The summed E-state index contributed by atoms with van der Waals surface area (Å²) < 4.78 is 5.16.